The molecule has 0 radical (unpaired) electrons. The number of aromatic nitrogens is 2. The number of aryl methyl sites for hydroxylation is 1. The first-order valence-electron chi connectivity index (χ1n) is 8.81. The fourth-order valence-electron chi connectivity index (χ4n) is 3.37. The number of hydrogen-bond donors (Lipinski definition) is 1. The van der Waals surface area contributed by atoms with Crippen molar-refractivity contribution in [1.82, 2.24) is 15.5 Å². The van der Waals surface area contributed by atoms with Gasteiger partial charge in [0.25, 0.3) is 5.91 Å². The zero-order valence-corrected chi connectivity index (χ0v) is 14.7. The SMILES string of the molecule is O=C(NC1CCCc2ccc(-c3cccc(C(F)(F)F)c3)nc21)c1ccno1. The lowest BCUT2D eigenvalue weighted by molar-refractivity contribution is -0.137. The fraction of sp³-hybridized carbons (Fsp3) is 0.250. The van der Waals surface area contributed by atoms with E-state index >= 15 is 0 Å². The number of benzene rings is 1. The van der Waals surface area contributed by atoms with Crippen molar-refractivity contribution in [2.45, 2.75) is 31.5 Å². The Balaban J connectivity index is 1.66. The van der Waals surface area contributed by atoms with Gasteiger partial charge in [-0.15, -0.1) is 0 Å². The van der Waals surface area contributed by atoms with E-state index in [0.29, 0.717) is 23.4 Å². The lowest BCUT2D eigenvalue weighted by Gasteiger charge is -2.25. The van der Waals surface area contributed by atoms with Crippen molar-refractivity contribution in [3.05, 3.63) is 71.2 Å². The Morgan fingerprint density at radius 1 is 1.18 bits per heavy atom. The van der Waals surface area contributed by atoms with Gasteiger partial charge >= 0.3 is 6.18 Å². The molecular formula is C20H16F3N3O2. The molecule has 1 aliphatic carbocycles. The van der Waals surface area contributed by atoms with E-state index in [9.17, 15) is 18.0 Å². The summed E-state index contributed by atoms with van der Waals surface area (Å²) in [5, 5.41) is 6.40. The Morgan fingerprint density at radius 2 is 2.04 bits per heavy atom. The van der Waals surface area contributed by atoms with Crippen LogP contribution in [0.5, 0.6) is 0 Å². The van der Waals surface area contributed by atoms with Gasteiger partial charge in [0.2, 0.25) is 5.76 Å². The number of carbonyl (C=O) groups is 1. The van der Waals surface area contributed by atoms with Crippen molar-refractivity contribution in [3.8, 4) is 11.3 Å². The maximum absolute atomic E-state index is 13.0. The minimum Gasteiger partial charge on any atom is -0.351 e. The van der Waals surface area contributed by atoms with Gasteiger partial charge in [-0.25, -0.2) is 0 Å². The second-order valence-electron chi connectivity index (χ2n) is 6.61. The quantitative estimate of drug-likeness (QED) is 0.715. The summed E-state index contributed by atoms with van der Waals surface area (Å²) >= 11 is 0. The molecule has 1 atom stereocenters. The van der Waals surface area contributed by atoms with E-state index in [1.165, 1.54) is 18.3 Å². The summed E-state index contributed by atoms with van der Waals surface area (Å²) < 4.78 is 43.9. The molecule has 5 nitrogen and oxygen atoms in total. The highest BCUT2D eigenvalue weighted by atomic mass is 19.4. The number of nitrogens with zero attached hydrogens (tertiary/aromatic N) is 2. The summed E-state index contributed by atoms with van der Waals surface area (Å²) in [5.74, 6) is -0.303. The number of halogens is 3. The Kier molecular flexibility index (Phi) is 4.62. The van der Waals surface area contributed by atoms with Crippen LogP contribution in [0.1, 0.15) is 46.3 Å². The maximum atomic E-state index is 13.0. The predicted molar refractivity (Wildman–Crippen MR) is 94.3 cm³/mol. The van der Waals surface area contributed by atoms with Crippen molar-refractivity contribution < 1.29 is 22.5 Å². The van der Waals surface area contributed by atoms with Crippen LogP contribution in [0.3, 0.4) is 0 Å². The van der Waals surface area contributed by atoms with Crippen LogP contribution in [0, 0.1) is 0 Å². The summed E-state index contributed by atoms with van der Waals surface area (Å²) in [6.45, 7) is 0. The second kappa shape index (κ2) is 7.10. The molecule has 2 heterocycles. The first-order chi connectivity index (χ1) is 13.4. The van der Waals surface area contributed by atoms with E-state index in [4.69, 9.17) is 4.52 Å². The summed E-state index contributed by atoms with van der Waals surface area (Å²) in [5.41, 5.74) is 1.74. The van der Waals surface area contributed by atoms with E-state index in [0.717, 1.165) is 30.5 Å². The van der Waals surface area contributed by atoms with Crippen LogP contribution in [0.15, 0.2) is 53.2 Å². The van der Waals surface area contributed by atoms with Gasteiger partial charge in [-0.2, -0.15) is 13.2 Å². The molecule has 8 heteroatoms. The third-order valence-corrected chi connectivity index (χ3v) is 4.73. The van der Waals surface area contributed by atoms with Gasteiger partial charge in [0.15, 0.2) is 0 Å². The molecule has 0 saturated carbocycles. The smallest absolute Gasteiger partial charge is 0.351 e. The number of nitrogens with one attached hydrogen (secondary N) is 1. The van der Waals surface area contributed by atoms with Crippen molar-refractivity contribution in [2.24, 2.45) is 0 Å². The standard InChI is InChI=1S/C20H16F3N3O2/c21-20(22,23)14-5-1-4-13(11-14)15-8-7-12-3-2-6-16(18(12)25-15)26-19(27)17-9-10-24-28-17/h1,4-5,7-11,16H,2-3,6H2,(H,26,27). The summed E-state index contributed by atoms with van der Waals surface area (Å²) in [4.78, 5) is 16.9. The van der Waals surface area contributed by atoms with Crippen LogP contribution in [-0.4, -0.2) is 16.0 Å². The third-order valence-electron chi connectivity index (χ3n) is 4.73. The second-order valence-corrected chi connectivity index (χ2v) is 6.61. The van der Waals surface area contributed by atoms with Crippen LogP contribution in [0.2, 0.25) is 0 Å². The molecular weight excluding hydrogens is 371 g/mol. The molecule has 2 aromatic heterocycles. The van der Waals surface area contributed by atoms with Gasteiger partial charge in [0.05, 0.1) is 29.2 Å². The van der Waals surface area contributed by atoms with Crippen LogP contribution in [-0.2, 0) is 12.6 Å². The number of hydrogen-bond acceptors (Lipinski definition) is 4. The molecule has 144 valence electrons. The van der Waals surface area contributed by atoms with Gasteiger partial charge < -0.3 is 9.84 Å². The first-order valence-corrected chi connectivity index (χ1v) is 8.81. The van der Waals surface area contributed by atoms with Crippen molar-refractivity contribution in [3.63, 3.8) is 0 Å². The summed E-state index contributed by atoms with van der Waals surface area (Å²) in [7, 11) is 0. The highest BCUT2D eigenvalue weighted by Gasteiger charge is 2.31. The minimum atomic E-state index is -4.42. The Hall–Kier alpha value is -3.16. The molecule has 0 bridgehead atoms. The van der Waals surface area contributed by atoms with E-state index < -0.39 is 17.6 Å². The molecule has 4 rings (SSSR count). The molecule has 1 aromatic carbocycles. The molecule has 0 fully saturated rings. The molecule has 1 N–H and O–H groups in total. The fourth-order valence-corrected chi connectivity index (χ4v) is 3.37. The third kappa shape index (κ3) is 3.62. The molecule has 3 aromatic rings. The largest absolute Gasteiger partial charge is 0.416 e. The normalized spacial score (nSPS) is 16.5. The lowest BCUT2D eigenvalue weighted by atomic mass is 9.91. The topological polar surface area (TPSA) is 68.0 Å². The zero-order valence-electron chi connectivity index (χ0n) is 14.7. The molecule has 28 heavy (non-hydrogen) atoms. The average Bonchev–Trinajstić information content (AvgIpc) is 3.22. The van der Waals surface area contributed by atoms with Crippen LogP contribution in [0.4, 0.5) is 13.2 Å². The highest BCUT2D eigenvalue weighted by molar-refractivity contribution is 5.91. The van der Waals surface area contributed by atoms with Crippen LogP contribution in [0.25, 0.3) is 11.3 Å². The van der Waals surface area contributed by atoms with Crippen LogP contribution >= 0.6 is 0 Å². The number of fused-ring (bicyclic) bond motifs is 1. The van der Waals surface area contributed by atoms with E-state index in [1.807, 2.05) is 6.07 Å². The van der Waals surface area contributed by atoms with Gasteiger partial charge in [-0.3, -0.25) is 9.78 Å². The molecule has 0 aliphatic heterocycles. The van der Waals surface area contributed by atoms with Gasteiger partial charge in [-0.05, 0) is 43.0 Å². The molecule has 1 amide bonds. The molecule has 0 saturated heterocycles. The Labute approximate surface area is 158 Å². The van der Waals surface area contributed by atoms with E-state index in [2.05, 4.69) is 15.5 Å². The number of pyridine rings is 1. The molecule has 0 spiro atoms. The van der Waals surface area contributed by atoms with Crippen molar-refractivity contribution in [2.75, 3.05) is 0 Å². The first kappa shape index (κ1) is 18.2. The van der Waals surface area contributed by atoms with Gasteiger partial charge in [-0.1, -0.05) is 23.4 Å². The van der Waals surface area contributed by atoms with E-state index in [1.54, 1.807) is 12.1 Å². The summed E-state index contributed by atoms with van der Waals surface area (Å²) in [6, 6.07) is 9.77. The molecule has 1 aliphatic rings. The summed E-state index contributed by atoms with van der Waals surface area (Å²) in [6.07, 6.45) is -0.670. The number of alkyl halides is 3. The predicted octanol–water partition coefficient (Wildman–Crippen LogP) is 4.56. The minimum absolute atomic E-state index is 0.0983. The van der Waals surface area contributed by atoms with Gasteiger partial charge in [0.1, 0.15) is 0 Å². The van der Waals surface area contributed by atoms with Crippen molar-refractivity contribution >= 4 is 5.91 Å². The number of amides is 1. The van der Waals surface area contributed by atoms with Crippen LogP contribution < -0.4 is 5.32 Å². The Bertz CT molecular complexity index is 1000. The maximum Gasteiger partial charge on any atom is 0.416 e. The zero-order chi connectivity index (χ0) is 19.7. The monoisotopic (exact) mass is 387 g/mol. The lowest BCUT2D eigenvalue weighted by Crippen LogP contribution is -2.31. The van der Waals surface area contributed by atoms with Gasteiger partial charge in [0, 0.05) is 11.6 Å². The Morgan fingerprint density at radius 3 is 2.79 bits per heavy atom. The molecule has 1 unspecified atom stereocenters. The van der Waals surface area contributed by atoms with Crippen molar-refractivity contribution in [1.29, 1.82) is 0 Å². The number of carbonyl (C=O) groups excluding carboxylic acids is 1. The van der Waals surface area contributed by atoms with E-state index in [-0.39, 0.29) is 11.8 Å². The number of rotatable bonds is 3. The average molecular weight is 387 g/mol. The highest BCUT2D eigenvalue weighted by Crippen LogP contribution is 2.34.